The highest BCUT2D eigenvalue weighted by Gasteiger charge is 2.21. The molecule has 0 saturated heterocycles. The summed E-state index contributed by atoms with van der Waals surface area (Å²) in [6.45, 7) is 2.14. The van der Waals surface area contributed by atoms with Crippen LogP contribution < -0.4 is 5.56 Å². The van der Waals surface area contributed by atoms with Gasteiger partial charge in [-0.2, -0.15) is 5.10 Å². The Balaban J connectivity index is 1.82. The molecule has 0 aliphatic carbocycles. The van der Waals surface area contributed by atoms with Crippen LogP contribution in [0.3, 0.4) is 0 Å². The number of hydrogen-bond donors (Lipinski definition) is 0. The summed E-state index contributed by atoms with van der Waals surface area (Å²) in [6.07, 6.45) is 3.35. The van der Waals surface area contributed by atoms with E-state index in [1.54, 1.807) is 48.1 Å². The van der Waals surface area contributed by atoms with Crippen LogP contribution in [-0.2, 0) is 11.3 Å². The highest BCUT2D eigenvalue weighted by Crippen LogP contribution is 2.10. The molecule has 1 aromatic carbocycles. The molecule has 3 aromatic rings. The standard InChI is InChI=1S/C18H19N5O2/c1-14(18(25)21(2)13-15-7-4-3-5-8-15)23-17(24)10-9-16(20-23)22-12-6-11-19-22/h3-12,14H,13H2,1-2H3. The zero-order chi connectivity index (χ0) is 17.8. The molecule has 2 aromatic heterocycles. The van der Waals surface area contributed by atoms with Gasteiger partial charge in [-0.05, 0) is 24.6 Å². The fourth-order valence-electron chi connectivity index (χ4n) is 2.58. The van der Waals surface area contributed by atoms with Crippen molar-refractivity contribution >= 4 is 5.91 Å². The van der Waals surface area contributed by atoms with Crippen molar-refractivity contribution in [2.24, 2.45) is 0 Å². The molecule has 0 spiro atoms. The monoisotopic (exact) mass is 337 g/mol. The molecule has 0 N–H and O–H groups in total. The van der Waals surface area contributed by atoms with E-state index in [1.807, 2.05) is 30.3 Å². The second-order valence-electron chi connectivity index (χ2n) is 5.78. The average molecular weight is 337 g/mol. The number of aromatic nitrogens is 4. The molecular weight excluding hydrogens is 318 g/mol. The maximum atomic E-state index is 12.7. The van der Waals surface area contributed by atoms with E-state index in [1.165, 1.54) is 10.7 Å². The molecule has 0 saturated carbocycles. The number of benzene rings is 1. The highest BCUT2D eigenvalue weighted by atomic mass is 16.2. The third-order valence-electron chi connectivity index (χ3n) is 3.91. The second kappa shape index (κ2) is 7.12. The molecule has 25 heavy (non-hydrogen) atoms. The molecule has 0 aliphatic heterocycles. The average Bonchev–Trinajstić information content (AvgIpc) is 3.16. The molecule has 7 nitrogen and oxygen atoms in total. The van der Waals surface area contributed by atoms with Gasteiger partial charge in [-0.15, -0.1) is 5.10 Å². The lowest BCUT2D eigenvalue weighted by Gasteiger charge is -2.22. The normalized spacial score (nSPS) is 11.9. The number of nitrogens with zero attached hydrogens (tertiary/aromatic N) is 5. The SMILES string of the molecule is CC(C(=O)N(C)Cc1ccccc1)n1nc(-n2cccn2)ccc1=O. The van der Waals surface area contributed by atoms with Crippen LogP contribution in [0.1, 0.15) is 18.5 Å². The van der Waals surface area contributed by atoms with E-state index < -0.39 is 6.04 Å². The lowest BCUT2D eigenvalue weighted by atomic mass is 10.2. The van der Waals surface area contributed by atoms with Crippen molar-refractivity contribution in [2.75, 3.05) is 7.05 Å². The molecule has 1 amide bonds. The summed E-state index contributed by atoms with van der Waals surface area (Å²) in [7, 11) is 1.72. The van der Waals surface area contributed by atoms with Crippen molar-refractivity contribution in [3.63, 3.8) is 0 Å². The van der Waals surface area contributed by atoms with Gasteiger partial charge in [-0.3, -0.25) is 9.59 Å². The van der Waals surface area contributed by atoms with Crippen LogP contribution in [0, 0.1) is 0 Å². The van der Waals surface area contributed by atoms with Gasteiger partial charge in [-0.25, -0.2) is 9.36 Å². The Kier molecular flexibility index (Phi) is 4.74. The summed E-state index contributed by atoms with van der Waals surface area (Å²) in [5.74, 6) is 0.297. The molecule has 7 heteroatoms. The minimum atomic E-state index is -0.711. The number of rotatable bonds is 5. The lowest BCUT2D eigenvalue weighted by molar-refractivity contribution is -0.133. The fraction of sp³-hybridized carbons (Fsp3) is 0.222. The third-order valence-corrected chi connectivity index (χ3v) is 3.91. The van der Waals surface area contributed by atoms with Crippen molar-refractivity contribution < 1.29 is 4.79 Å². The molecular formula is C18H19N5O2. The Labute approximate surface area is 145 Å². The van der Waals surface area contributed by atoms with Gasteiger partial charge >= 0.3 is 0 Å². The van der Waals surface area contributed by atoms with Crippen molar-refractivity contribution in [3.05, 3.63) is 76.8 Å². The Morgan fingerprint density at radius 1 is 1.16 bits per heavy atom. The van der Waals surface area contributed by atoms with E-state index in [-0.39, 0.29) is 11.5 Å². The van der Waals surface area contributed by atoms with Gasteiger partial charge in [-0.1, -0.05) is 30.3 Å². The van der Waals surface area contributed by atoms with Crippen LogP contribution in [0.25, 0.3) is 5.82 Å². The topological polar surface area (TPSA) is 73.0 Å². The van der Waals surface area contributed by atoms with Gasteiger partial charge in [0.05, 0.1) is 0 Å². The van der Waals surface area contributed by atoms with Gasteiger partial charge in [0, 0.05) is 32.1 Å². The largest absolute Gasteiger partial charge is 0.340 e. The number of carbonyl (C=O) groups is 1. The number of hydrogen-bond acceptors (Lipinski definition) is 4. The molecule has 1 atom stereocenters. The first-order chi connectivity index (χ1) is 12.1. The molecule has 0 aliphatic rings. The van der Waals surface area contributed by atoms with Crippen LogP contribution in [0.15, 0.2) is 65.7 Å². The zero-order valence-electron chi connectivity index (χ0n) is 14.1. The van der Waals surface area contributed by atoms with Crippen molar-refractivity contribution in [3.8, 4) is 5.82 Å². The van der Waals surface area contributed by atoms with Crippen LogP contribution in [-0.4, -0.2) is 37.4 Å². The summed E-state index contributed by atoms with van der Waals surface area (Å²) < 4.78 is 2.74. The molecule has 2 heterocycles. The number of amides is 1. The lowest BCUT2D eigenvalue weighted by Crippen LogP contribution is -2.38. The maximum Gasteiger partial charge on any atom is 0.267 e. The third kappa shape index (κ3) is 3.65. The predicted molar refractivity (Wildman–Crippen MR) is 93.2 cm³/mol. The van der Waals surface area contributed by atoms with Gasteiger partial charge < -0.3 is 4.90 Å². The first-order valence-electron chi connectivity index (χ1n) is 7.95. The summed E-state index contributed by atoms with van der Waals surface area (Å²) in [4.78, 5) is 26.5. The summed E-state index contributed by atoms with van der Waals surface area (Å²) in [5.41, 5.74) is 0.695. The van der Waals surface area contributed by atoms with Gasteiger partial charge in [0.25, 0.3) is 5.56 Å². The van der Waals surface area contributed by atoms with Gasteiger partial charge in [0.15, 0.2) is 5.82 Å². The van der Waals surface area contributed by atoms with Crippen molar-refractivity contribution in [1.29, 1.82) is 0 Å². The Bertz CT molecular complexity index is 903. The van der Waals surface area contributed by atoms with Crippen LogP contribution >= 0.6 is 0 Å². The Hall–Kier alpha value is -3.22. The smallest absolute Gasteiger partial charge is 0.267 e. The van der Waals surface area contributed by atoms with Crippen LogP contribution in [0.2, 0.25) is 0 Å². The minimum Gasteiger partial charge on any atom is -0.340 e. The summed E-state index contributed by atoms with van der Waals surface area (Å²) in [5, 5.41) is 8.38. The molecule has 0 fully saturated rings. The summed E-state index contributed by atoms with van der Waals surface area (Å²) >= 11 is 0. The molecule has 128 valence electrons. The van der Waals surface area contributed by atoms with Gasteiger partial charge in [0.2, 0.25) is 5.91 Å². The molecule has 1 unspecified atom stereocenters. The predicted octanol–water partition coefficient (Wildman–Crippen LogP) is 1.65. The van der Waals surface area contributed by atoms with Gasteiger partial charge in [0.1, 0.15) is 6.04 Å². The summed E-state index contributed by atoms with van der Waals surface area (Å²) in [6, 6.07) is 13.7. The Morgan fingerprint density at radius 2 is 1.92 bits per heavy atom. The van der Waals surface area contributed by atoms with E-state index in [9.17, 15) is 9.59 Å². The second-order valence-corrected chi connectivity index (χ2v) is 5.78. The van der Waals surface area contributed by atoms with E-state index in [0.29, 0.717) is 12.4 Å². The molecule has 0 radical (unpaired) electrons. The van der Waals surface area contributed by atoms with Crippen molar-refractivity contribution in [1.82, 2.24) is 24.5 Å². The number of carbonyl (C=O) groups excluding carboxylic acids is 1. The minimum absolute atomic E-state index is 0.184. The first kappa shape index (κ1) is 16.6. The molecule has 0 bridgehead atoms. The zero-order valence-corrected chi connectivity index (χ0v) is 14.1. The van der Waals surface area contributed by atoms with E-state index in [0.717, 1.165) is 5.56 Å². The van der Waals surface area contributed by atoms with Crippen LogP contribution in [0.4, 0.5) is 0 Å². The number of likely N-dealkylation sites (N-methyl/N-ethyl adjacent to an activating group) is 1. The fourth-order valence-corrected chi connectivity index (χ4v) is 2.58. The molecule has 3 rings (SSSR count). The van der Waals surface area contributed by atoms with E-state index in [4.69, 9.17) is 0 Å². The van der Waals surface area contributed by atoms with E-state index in [2.05, 4.69) is 10.2 Å². The van der Waals surface area contributed by atoms with E-state index >= 15 is 0 Å². The Morgan fingerprint density at radius 3 is 2.60 bits per heavy atom. The quantitative estimate of drug-likeness (QED) is 0.710. The highest BCUT2D eigenvalue weighted by molar-refractivity contribution is 5.79. The maximum absolute atomic E-state index is 12.7. The van der Waals surface area contributed by atoms with Crippen LogP contribution in [0.5, 0.6) is 0 Å². The van der Waals surface area contributed by atoms with Crippen molar-refractivity contribution in [2.45, 2.75) is 19.5 Å². The first-order valence-corrected chi connectivity index (χ1v) is 7.95.